The Morgan fingerprint density at radius 1 is 1.30 bits per heavy atom. The van der Waals surface area contributed by atoms with Gasteiger partial charge in [-0.1, -0.05) is 26.3 Å². The minimum absolute atomic E-state index is 0.102. The van der Waals surface area contributed by atoms with E-state index in [0.29, 0.717) is 6.42 Å². The molecule has 0 saturated heterocycles. The molecule has 0 aliphatic heterocycles. The average molecular weight is 297 g/mol. The molecule has 1 atom stereocenters. The van der Waals surface area contributed by atoms with Crippen molar-refractivity contribution in [3.8, 4) is 0 Å². The van der Waals surface area contributed by atoms with Gasteiger partial charge in [-0.05, 0) is 36.6 Å². The molecule has 1 aromatic rings. The summed E-state index contributed by atoms with van der Waals surface area (Å²) in [6.45, 7) is 3.58. The SMILES string of the molecule is CC(C)[C@@H](NC(=O)CCCCCc1cccs1)C(=O)O. The minimum Gasteiger partial charge on any atom is -0.480 e. The first-order chi connectivity index (χ1) is 9.50. The minimum atomic E-state index is -0.967. The van der Waals surface area contributed by atoms with Crippen molar-refractivity contribution in [2.24, 2.45) is 5.92 Å². The quantitative estimate of drug-likeness (QED) is 0.688. The van der Waals surface area contributed by atoms with Crippen LogP contribution in [-0.4, -0.2) is 23.0 Å². The topological polar surface area (TPSA) is 66.4 Å². The summed E-state index contributed by atoms with van der Waals surface area (Å²) in [6.07, 6.45) is 4.33. The van der Waals surface area contributed by atoms with Gasteiger partial charge >= 0.3 is 5.97 Å². The van der Waals surface area contributed by atoms with Crippen LogP contribution in [0, 0.1) is 5.92 Å². The van der Waals surface area contributed by atoms with Crippen LogP contribution < -0.4 is 5.32 Å². The van der Waals surface area contributed by atoms with Crippen molar-refractivity contribution in [3.05, 3.63) is 22.4 Å². The maximum Gasteiger partial charge on any atom is 0.326 e. The van der Waals surface area contributed by atoms with E-state index in [2.05, 4.69) is 16.8 Å². The summed E-state index contributed by atoms with van der Waals surface area (Å²) < 4.78 is 0. The van der Waals surface area contributed by atoms with Gasteiger partial charge in [0.2, 0.25) is 5.91 Å². The van der Waals surface area contributed by atoms with E-state index in [4.69, 9.17) is 5.11 Å². The van der Waals surface area contributed by atoms with Gasteiger partial charge in [-0.25, -0.2) is 4.79 Å². The van der Waals surface area contributed by atoms with Crippen LogP contribution in [0.1, 0.15) is 44.4 Å². The van der Waals surface area contributed by atoms with Gasteiger partial charge in [0.1, 0.15) is 6.04 Å². The molecular formula is C15H23NO3S. The molecule has 1 heterocycles. The molecule has 4 nitrogen and oxygen atoms in total. The maximum absolute atomic E-state index is 11.7. The molecule has 0 spiro atoms. The molecule has 1 rings (SSSR count). The highest BCUT2D eigenvalue weighted by molar-refractivity contribution is 7.09. The molecule has 0 aliphatic rings. The number of rotatable bonds is 9. The second-order valence-electron chi connectivity index (χ2n) is 5.27. The lowest BCUT2D eigenvalue weighted by Gasteiger charge is -2.17. The van der Waals surface area contributed by atoms with Crippen LogP contribution >= 0.6 is 11.3 Å². The third-order valence-electron chi connectivity index (χ3n) is 3.16. The first-order valence-electron chi connectivity index (χ1n) is 7.05. The highest BCUT2D eigenvalue weighted by Crippen LogP contribution is 2.13. The molecule has 1 amide bonds. The van der Waals surface area contributed by atoms with Crippen molar-refractivity contribution in [1.82, 2.24) is 5.32 Å². The normalized spacial score (nSPS) is 12.3. The summed E-state index contributed by atoms with van der Waals surface area (Å²) in [4.78, 5) is 24.0. The summed E-state index contributed by atoms with van der Waals surface area (Å²) in [5, 5.41) is 13.6. The molecule has 0 unspecified atom stereocenters. The number of thiophene rings is 1. The van der Waals surface area contributed by atoms with Gasteiger partial charge in [-0.2, -0.15) is 0 Å². The number of aryl methyl sites for hydroxylation is 1. The monoisotopic (exact) mass is 297 g/mol. The molecule has 0 saturated carbocycles. The fraction of sp³-hybridized carbons (Fsp3) is 0.600. The van der Waals surface area contributed by atoms with Crippen LogP contribution in [0.25, 0.3) is 0 Å². The molecule has 1 aromatic heterocycles. The molecular weight excluding hydrogens is 274 g/mol. The molecule has 2 N–H and O–H groups in total. The molecule has 0 aliphatic carbocycles. The number of nitrogens with one attached hydrogen (secondary N) is 1. The number of carbonyl (C=O) groups is 2. The largest absolute Gasteiger partial charge is 0.480 e. The summed E-state index contributed by atoms with van der Waals surface area (Å²) in [6, 6.07) is 3.39. The number of unbranched alkanes of at least 4 members (excludes halogenated alkanes) is 2. The standard InChI is InChI=1S/C15H23NO3S/c1-11(2)14(15(18)19)16-13(17)9-5-3-4-7-12-8-6-10-20-12/h6,8,10-11,14H,3-5,7,9H2,1-2H3,(H,16,17)(H,18,19)/t14-/m1/s1. The predicted molar refractivity (Wildman–Crippen MR) is 80.9 cm³/mol. The highest BCUT2D eigenvalue weighted by Gasteiger charge is 2.22. The molecule has 0 fully saturated rings. The van der Waals surface area contributed by atoms with Crippen LogP contribution in [0.3, 0.4) is 0 Å². The molecule has 0 bridgehead atoms. The number of hydrogen-bond acceptors (Lipinski definition) is 3. The van der Waals surface area contributed by atoms with Gasteiger partial charge in [0.25, 0.3) is 0 Å². The number of carbonyl (C=O) groups excluding carboxylic acids is 1. The Bertz CT molecular complexity index is 415. The van der Waals surface area contributed by atoms with E-state index in [9.17, 15) is 9.59 Å². The van der Waals surface area contributed by atoms with Gasteiger partial charge in [0.15, 0.2) is 0 Å². The van der Waals surface area contributed by atoms with Crippen molar-refractivity contribution in [3.63, 3.8) is 0 Å². The number of hydrogen-bond donors (Lipinski definition) is 2. The van der Waals surface area contributed by atoms with E-state index >= 15 is 0 Å². The van der Waals surface area contributed by atoms with Gasteiger partial charge < -0.3 is 10.4 Å². The summed E-state index contributed by atoms with van der Waals surface area (Å²) in [5.74, 6) is -1.23. The fourth-order valence-electron chi connectivity index (χ4n) is 1.98. The third kappa shape index (κ3) is 6.19. The second-order valence-corrected chi connectivity index (χ2v) is 6.30. The fourth-order valence-corrected chi connectivity index (χ4v) is 2.73. The van der Waals surface area contributed by atoms with Gasteiger partial charge in [0, 0.05) is 11.3 Å². The Hall–Kier alpha value is -1.36. The lowest BCUT2D eigenvalue weighted by Crippen LogP contribution is -2.44. The van der Waals surface area contributed by atoms with Gasteiger partial charge in [-0.3, -0.25) is 4.79 Å². The predicted octanol–water partition coefficient (Wildman–Crippen LogP) is 3.08. The van der Waals surface area contributed by atoms with E-state index in [1.165, 1.54) is 4.88 Å². The zero-order chi connectivity index (χ0) is 15.0. The average Bonchev–Trinajstić information content (AvgIpc) is 2.88. The summed E-state index contributed by atoms with van der Waals surface area (Å²) >= 11 is 1.76. The molecule has 0 radical (unpaired) electrons. The van der Waals surface area contributed by atoms with Gasteiger partial charge in [0.05, 0.1) is 0 Å². The maximum atomic E-state index is 11.7. The van der Waals surface area contributed by atoms with Crippen molar-refractivity contribution in [2.45, 2.75) is 52.0 Å². The summed E-state index contributed by atoms with van der Waals surface area (Å²) in [5.41, 5.74) is 0. The Kier molecular flexibility index (Phi) is 7.30. The van der Waals surface area contributed by atoms with E-state index in [1.807, 2.05) is 6.07 Å². The van der Waals surface area contributed by atoms with E-state index in [1.54, 1.807) is 25.2 Å². The van der Waals surface area contributed by atoms with Crippen molar-refractivity contribution in [2.75, 3.05) is 0 Å². The smallest absolute Gasteiger partial charge is 0.326 e. The summed E-state index contributed by atoms with van der Waals surface area (Å²) in [7, 11) is 0. The van der Waals surface area contributed by atoms with Crippen LogP contribution in [0.5, 0.6) is 0 Å². The van der Waals surface area contributed by atoms with Crippen LogP contribution in [0.2, 0.25) is 0 Å². The third-order valence-corrected chi connectivity index (χ3v) is 4.09. The highest BCUT2D eigenvalue weighted by atomic mass is 32.1. The molecule has 0 aromatic carbocycles. The molecule has 20 heavy (non-hydrogen) atoms. The second kappa shape index (κ2) is 8.74. The number of carboxylic acid groups (broad SMARTS) is 1. The van der Waals surface area contributed by atoms with E-state index in [0.717, 1.165) is 25.7 Å². The zero-order valence-corrected chi connectivity index (χ0v) is 12.9. The first-order valence-corrected chi connectivity index (χ1v) is 7.93. The van der Waals surface area contributed by atoms with Crippen molar-refractivity contribution in [1.29, 1.82) is 0 Å². The van der Waals surface area contributed by atoms with Gasteiger partial charge in [-0.15, -0.1) is 11.3 Å². The zero-order valence-electron chi connectivity index (χ0n) is 12.1. The lowest BCUT2D eigenvalue weighted by atomic mass is 10.0. The van der Waals surface area contributed by atoms with E-state index in [-0.39, 0.29) is 11.8 Å². The molecule has 5 heteroatoms. The van der Waals surface area contributed by atoms with Crippen LogP contribution in [0.15, 0.2) is 17.5 Å². The van der Waals surface area contributed by atoms with Crippen molar-refractivity contribution >= 4 is 23.2 Å². The Labute approximate surface area is 124 Å². The van der Waals surface area contributed by atoms with Crippen LogP contribution in [0.4, 0.5) is 0 Å². The van der Waals surface area contributed by atoms with Crippen molar-refractivity contribution < 1.29 is 14.7 Å². The number of carboxylic acids is 1. The number of aliphatic carboxylic acids is 1. The first kappa shape index (κ1) is 16.7. The Balaban J connectivity index is 2.14. The van der Waals surface area contributed by atoms with Crippen LogP contribution in [-0.2, 0) is 16.0 Å². The van der Waals surface area contributed by atoms with E-state index < -0.39 is 12.0 Å². The number of amides is 1. The molecule has 112 valence electrons. The Morgan fingerprint density at radius 3 is 2.60 bits per heavy atom. The lowest BCUT2D eigenvalue weighted by molar-refractivity contribution is -0.143. The Morgan fingerprint density at radius 2 is 2.05 bits per heavy atom.